The third kappa shape index (κ3) is 7.55. The molecule has 0 aromatic carbocycles. The van der Waals surface area contributed by atoms with Gasteiger partial charge in [-0.15, -0.1) is 0 Å². The van der Waals surface area contributed by atoms with Crippen LogP contribution in [0, 0.1) is 6.92 Å². The van der Waals surface area contributed by atoms with Gasteiger partial charge in [-0.1, -0.05) is 26.8 Å². The fourth-order valence-corrected chi connectivity index (χ4v) is 2.40. The van der Waals surface area contributed by atoms with Crippen LogP contribution in [0.5, 0.6) is 0 Å². The molecule has 0 radical (unpaired) electrons. The molecule has 0 atom stereocenters. The quantitative estimate of drug-likeness (QED) is 0.633. The minimum atomic E-state index is 0.940. The maximum Gasteiger partial charge on any atom is 0.0547 e. The van der Waals surface area contributed by atoms with E-state index >= 15 is 0 Å². The molecule has 4 heteroatoms. The molecule has 1 aromatic rings. The Morgan fingerprint density at radius 2 is 1.57 bits per heavy atom. The first kappa shape index (κ1) is 18.1. The van der Waals surface area contributed by atoms with E-state index in [0.717, 1.165) is 58.1 Å². The number of hydrogen-bond acceptors (Lipinski definition) is 4. The van der Waals surface area contributed by atoms with Crippen LogP contribution in [0.1, 0.15) is 32.2 Å². The number of rotatable bonds is 11. The molecule has 1 aromatic heterocycles. The van der Waals surface area contributed by atoms with Gasteiger partial charge in [0.2, 0.25) is 0 Å². The molecule has 0 unspecified atom stereocenters. The number of pyridine rings is 1. The van der Waals surface area contributed by atoms with E-state index in [4.69, 9.17) is 0 Å². The van der Waals surface area contributed by atoms with Crippen LogP contribution >= 0.6 is 0 Å². The van der Waals surface area contributed by atoms with Crippen molar-refractivity contribution in [2.45, 2.75) is 34.2 Å². The van der Waals surface area contributed by atoms with E-state index in [1.54, 1.807) is 0 Å². The van der Waals surface area contributed by atoms with E-state index in [1.165, 1.54) is 5.69 Å². The molecule has 0 fully saturated rings. The summed E-state index contributed by atoms with van der Waals surface area (Å²) in [7, 11) is 0. The first-order chi connectivity index (χ1) is 10.2. The normalized spacial score (nSPS) is 11.5. The Bertz CT molecular complexity index is 377. The Hall–Kier alpha value is -0.970. The molecule has 4 nitrogen and oxygen atoms in total. The minimum Gasteiger partial charge on any atom is -0.314 e. The van der Waals surface area contributed by atoms with Gasteiger partial charge in [-0.25, -0.2) is 0 Å². The zero-order valence-corrected chi connectivity index (χ0v) is 14.2. The Morgan fingerprint density at radius 3 is 2.14 bits per heavy atom. The SMILES string of the molecule is CCN(CC)CCNCCN(CC)Cc1cccc(C)n1. The third-order valence-corrected chi connectivity index (χ3v) is 3.88. The lowest BCUT2D eigenvalue weighted by Gasteiger charge is -2.21. The van der Waals surface area contributed by atoms with Gasteiger partial charge < -0.3 is 10.2 Å². The molecular formula is C17H32N4. The standard InChI is InChI=1S/C17H32N4/c1-5-20(6-2)13-11-18-12-14-21(7-3)15-17-10-8-9-16(4)19-17/h8-10,18H,5-7,11-15H2,1-4H3. The summed E-state index contributed by atoms with van der Waals surface area (Å²) in [6.07, 6.45) is 0. The Balaban J connectivity index is 2.22. The third-order valence-electron chi connectivity index (χ3n) is 3.88. The lowest BCUT2D eigenvalue weighted by atomic mass is 10.3. The van der Waals surface area contributed by atoms with Crippen molar-refractivity contribution < 1.29 is 0 Å². The molecule has 1 rings (SSSR count). The van der Waals surface area contributed by atoms with Crippen molar-refractivity contribution in [1.82, 2.24) is 20.1 Å². The molecule has 120 valence electrons. The van der Waals surface area contributed by atoms with E-state index in [0.29, 0.717) is 0 Å². The van der Waals surface area contributed by atoms with E-state index in [-0.39, 0.29) is 0 Å². The summed E-state index contributed by atoms with van der Waals surface area (Å²) in [4.78, 5) is 9.46. The Kier molecular flexibility index (Phi) is 9.22. The van der Waals surface area contributed by atoms with E-state index < -0.39 is 0 Å². The zero-order valence-electron chi connectivity index (χ0n) is 14.2. The fourth-order valence-electron chi connectivity index (χ4n) is 2.40. The predicted molar refractivity (Wildman–Crippen MR) is 90.6 cm³/mol. The molecule has 0 spiro atoms. The fraction of sp³-hybridized carbons (Fsp3) is 0.706. The van der Waals surface area contributed by atoms with Crippen LogP contribution in [0.25, 0.3) is 0 Å². The van der Waals surface area contributed by atoms with Crippen LogP contribution in [-0.2, 0) is 6.54 Å². The van der Waals surface area contributed by atoms with Crippen LogP contribution in [0.3, 0.4) is 0 Å². The number of nitrogens with one attached hydrogen (secondary N) is 1. The summed E-state index contributed by atoms with van der Waals surface area (Å²) in [6.45, 7) is 17.3. The number of aryl methyl sites for hydroxylation is 1. The minimum absolute atomic E-state index is 0.940. The second-order valence-electron chi connectivity index (χ2n) is 5.42. The summed E-state index contributed by atoms with van der Waals surface area (Å²) >= 11 is 0. The van der Waals surface area contributed by atoms with Crippen LogP contribution < -0.4 is 5.32 Å². The maximum absolute atomic E-state index is 4.58. The second kappa shape index (κ2) is 10.7. The molecule has 21 heavy (non-hydrogen) atoms. The maximum atomic E-state index is 4.58. The molecule has 0 amide bonds. The van der Waals surface area contributed by atoms with Crippen LogP contribution in [0.4, 0.5) is 0 Å². The lowest BCUT2D eigenvalue weighted by Crippen LogP contribution is -2.36. The van der Waals surface area contributed by atoms with Gasteiger partial charge in [0.1, 0.15) is 0 Å². The monoisotopic (exact) mass is 292 g/mol. The molecule has 0 aliphatic heterocycles. The highest BCUT2D eigenvalue weighted by Gasteiger charge is 2.05. The summed E-state index contributed by atoms with van der Waals surface area (Å²) in [5.74, 6) is 0. The second-order valence-corrected chi connectivity index (χ2v) is 5.42. The Labute approximate surface area is 130 Å². The molecular weight excluding hydrogens is 260 g/mol. The molecule has 0 aliphatic carbocycles. The van der Waals surface area contributed by atoms with Crippen molar-refractivity contribution in [3.63, 3.8) is 0 Å². The number of hydrogen-bond donors (Lipinski definition) is 1. The first-order valence-electron chi connectivity index (χ1n) is 8.27. The van der Waals surface area contributed by atoms with E-state index in [2.05, 4.69) is 66.0 Å². The van der Waals surface area contributed by atoms with Crippen molar-refractivity contribution >= 4 is 0 Å². The average Bonchev–Trinajstić information content (AvgIpc) is 2.49. The van der Waals surface area contributed by atoms with Gasteiger partial charge >= 0.3 is 0 Å². The van der Waals surface area contributed by atoms with E-state index in [1.807, 2.05) is 0 Å². The largest absolute Gasteiger partial charge is 0.314 e. The van der Waals surface area contributed by atoms with Gasteiger partial charge in [0.15, 0.2) is 0 Å². The van der Waals surface area contributed by atoms with Crippen molar-refractivity contribution in [1.29, 1.82) is 0 Å². The molecule has 0 bridgehead atoms. The summed E-state index contributed by atoms with van der Waals surface area (Å²) < 4.78 is 0. The van der Waals surface area contributed by atoms with Gasteiger partial charge in [0, 0.05) is 38.4 Å². The Morgan fingerprint density at radius 1 is 0.952 bits per heavy atom. The summed E-state index contributed by atoms with van der Waals surface area (Å²) in [6, 6.07) is 6.26. The molecule has 1 heterocycles. The van der Waals surface area contributed by atoms with Gasteiger partial charge in [0.25, 0.3) is 0 Å². The lowest BCUT2D eigenvalue weighted by molar-refractivity contribution is 0.267. The molecule has 1 N–H and O–H groups in total. The summed E-state index contributed by atoms with van der Waals surface area (Å²) in [5, 5.41) is 3.54. The smallest absolute Gasteiger partial charge is 0.0547 e. The average molecular weight is 292 g/mol. The van der Waals surface area contributed by atoms with Crippen molar-refractivity contribution in [3.8, 4) is 0 Å². The molecule has 0 saturated heterocycles. The van der Waals surface area contributed by atoms with E-state index in [9.17, 15) is 0 Å². The predicted octanol–water partition coefficient (Wildman–Crippen LogP) is 2.14. The number of likely N-dealkylation sites (N-methyl/N-ethyl adjacent to an activating group) is 2. The molecule has 0 aliphatic rings. The number of nitrogens with zero attached hydrogens (tertiary/aromatic N) is 3. The van der Waals surface area contributed by atoms with Gasteiger partial charge in [-0.2, -0.15) is 0 Å². The highest BCUT2D eigenvalue weighted by Crippen LogP contribution is 2.02. The van der Waals surface area contributed by atoms with Gasteiger partial charge in [-0.3, -0.25) is 9.88 Å². The van der Waals surface area contributed by atoms with Crippen LogP contribution in [-0.4, -0.2) is 60.6 Å². The van der Waals surface area contributed by atoms with Crippen molar-refractivity contribution in [3.05, 3.63) is 29.6 Å². The summed E-state index contributed by atoms with van der Waals surface area (Å²) in [5.41, 5.74) is 2.26. The molecule has 0 saturated carbocycles. The highest BCUT2D eigenvalue weighted by molar-refractivity contribution is 5.09. The van der Waals surface area contributed by atoms with Crippen LogP contribution in [0.15, 0.2) is 18.2 Å². The zero-order chi connectivity index (χ0) is 15.5. The topological polar surface area (TPSA) is 31.4 Å². The first-order valence-corrected chi connectivity index (χ1v) is 8.27. The van der Waals surface area contributed by atoms with Crippen molar-refractivity contribution in [2.75, 3.05) is 45.8 Å². The van der Waals surface area contributed by atoms with Crippen molar-refractivity contribution in [2.24, 2.45) is 0 Å². The van der Waals surface area contributed by atoms with Crippen LogP contribution in [0.2, 0.25) is 0 Å². The number of aromatic nitrogens is 1. The van der Waals surface area contributed by atoms with Gasteiger partial charge in [-0.05, 0) is 38.7 Å². The highest BCUT2D eigenvalue weighted by atomic mass is 15.2. The van der Waals surface area contributed by atoms with Gasteiger partial charge in [0.05, 0.1) is 5.69 Å².